The largest absolute Gasteiger partial charge is 0.494 e. The van der Waals surface area contributed by atoms with Crippen LogP contribution in [0.4, 0.5) is 5.69 Å². The van der Waals surface area contributed by atoms with Crippen molar-refractivity contribution < 1.29 is 14.1 Å². The maximum Gasteiger partial charge on any atom is 0.494 e. The van der Waals surface area contributed by atoms with E-state index in [0.717, 1.165) is 11.2 Å². The number of carbonyl (C=O) groups excluding carboxylic acids is 1. The minimum atomic E-state index is -0.409. The molecule has 0 unspecified atom stereocenters. The Morgan fingerprint density at radius 1 is 1.05 bits per heavy atom. The standard InChI is InChI=1S/C15H21BN2O3/c1-14(2)15(3,4)21-16(20-14)10-5-6-11-12(9-10)17-7-8-18-13(11)19/h5-6,9,17H,7-8H2,1-4H3,(H,18,19). The van der Waals surface area contributed by atoms with Crippen molar-refractivity contribution in [1.29, 1.82) is 0 Å². The summed E-state index contributed by atoms with van der Waals surface area (Å²) in [5.74, 6) is -0.0459. The molecule has 3 rings (SSSR count). The van der Waals surface area contributed by atoms with Crippen molar-refractivity contribution in [2.75, 3.05) is 18.4 Å². The number of hydrogen-bond acceptors (Lipinski definition) is 4. The molecule has 6 heteroatoms. The van der Waals surface area contributed by atoms with Crippen molar-refractivity contribution >= 4 is 24.2 Å². The molecule has 2 heterocycles. The Labute approximate surface area is 125 Å². The van der Waals surface area contributed by atoms with Gasteiger partial charge in [0.25, 0.3) is 5.91 Å². The second-order valence-corrected chi connectivity index (χ2v) is 6.58. The summed E-state index contributed by atoms with van der Waals surface area (Å²) < 4.78 is 12.1. The summed E-state index contributed by atoms with van der Waals surface area (Å²) in [4.78, 5) is 11.9. The molecule has 0 bridgehead atoms. The van der Waals surface area contributed by atoms with Crippen LogP contribution in [0.25, 0.3) is 0 Å². The summed E-state index contributed by atoms with van der Waals surface area (Å²) in [6.07, 6.45) is 0. The van der Waals surface area contributed by atoms with Gasteiger partial charge in [-0.05, 0) is 45.3 Å². The molecule has 1 aromatic carbocycles. The smallest absolute Gasteiger partial charge is 0.399 e. The van der Waals surface area contributed by atoms with Crippen LogP contribution in [0.15, 0.2) is 18.2 Å². The Morgan fingerprint density at radius 3 is 2.33 bits per heavy atom. The van der Waals surface area contributed by atoms with Crippen LogP contribution in [0.5, 0.6) is 0 Å². The number of carbonyl (C=O) groups is 1. The second-order valence-electron chi connectivity index (χ2n) is 6.58. The second kappa shape index (κ2) is 4.75. The molecule has 0 atom stereocenters. The molecule has 1 saturated heterocycles. The zero-order valence-electron chi connectivity index (χ0n) is 12.9. The van der Waals surface area contributed by atoms with Crippen LogP contribution >= 0.6 is 0 Å². The highest BCUT2D eigenvalue weighted by atomic mass is 16.7. The van der Waals surface area contributed by atoms with E-state index in [1.54, 1.807) is 0 Å². The summed E-state index contributed by atoms with van der Waals surface area (Å²) in [6.45, 7) is 9.46. The van der Waals surface area contributed by atoms with E-state index in [1.165, 1.54) is 0 Å². The number of anilines is 1. The van der Waals surface area contributed by atoms with E-state index in [4.69, 9.17) is 9.31 Å². The Bertz CT molecular complexity index is 570. The third-order valence-electron chi connectivity index (χ3n) is 4.54. The Morgan fingerprint density at radius 2 is 1.67 bits per heavy atom. The van der Waals surface area contributed by atoms with E-state index in [0.29, 0.717) is 18.7 Å². The molecule has 1 fully saturated rings. The predicted molar refractivity (Wildman–Crippen MR) is 83.0 cm³/mol. The highest BCUT2D eigenvalue weighted by molar-refractivity contribution is 6.62. The quantitative estimate of drug-likeness (QED) is 0.761. The highest BCUT2D eigenvalue weighted by Crippen LogP contribution is 2.36. The lowest BCUT2D eigenvalue weighted by molar-refractivity contribution is 0.00578. The number of rotatable bonds is 1. The molecule has 0 aliphatic carbocycles. The molecule has 0 aromatic heterocycles. The SMILES string of the molecule is CC1(C)OB(c2ccc3c(c2)NCCNC3=O)OC1(C)C. The maximum atomic E-state index is 11.9. The van der Waals surface area contributed by atoms with E-state index in [2.05, 4.69) is 10.6 Å². The third-order valence-corrected chi connectivity index (χ3v) is 4.54. The van der Waals surface area contributed by atoms with Gasteiger partial charge in [0.1, 0.15) is 0 Å². The van der Waals surface area contributed by atoms with Crippen LogP contribution in [0.1, 0.15) is 38.1 Å². The number of fused-ring (bicyclic) bond motifs is 1. The molecule has 2 N–H and O–H groups in total. The van der Waals surface area contributed by atoms with E-state index in [1.807, 2.05) is 45.9 Å². The van der Waals surface area contributed by atoms with Gasteiger partial charge in [-0.2, -0.15) is 0 Å². The molecule has 2 aliphatic heterocycles. The molecule has 0 radical (unpaired) electrons. The van der Waals surface area contributed by atoms with E-state index in [9.17, 15) is 4.79 Å². The fourth-order valence-electron chi connectivity index (χ4n) is 2.50. The van der Waals surface area contributed by atoms with E-state index >= 15 is 0 Å². The summed E-state index contributed by atoms with van der Waals surface area (Å²) in [6, 6.07) is 5.67. The normalized spacial score (nSPS) is 23.0. The van der Waals surface area contributed by atoms with Gasteiger partial charge in [-0.3, -0.25) is 4.79 Å². The average Bonchev–Trinajstić information content (AvgIpc) is 2.54. The first-order valence-electron chi connectivity index (χ1n) is 7.32. The molecule has 1 aromatic rings. The first-order valence-corrected chi connectivity index (χ1v) is 7.32. The Hall–Kier alpha value is -1.53. The predicted octanol–water partition coefficient (Wildman–Crippen LogP) is 1.14. The number of amides is 1. The van der Waals surface area contributed by atoms with Gasteiger partial charge in [-0.15, -0.1) is 0 Å². The molecular weight excluding hydrogens is 267 g/mol. The third kappa shape index (κ3) is 2.42. The van der Waals surface area contributed by atoms with E-state index < -0.39 is 7.12 Å². The lowest BCUT2D eigenvalue weighted by Crippen LogP contribution is -2.41. The van der Waals surface area contributed by atoms with Gasteiger partial charge < -0.3 is 19.9 Å². The number of nitrogens with one attached hydrogen (secondary N) is 2. The summed E-state index contributed by atoms with van der Waals surface area (Å²) in [5, 5.41) is 6.12. The van der Waals surface area contributed by atoms with Gasteiger partial charge in [0.15, 0.2) is 0 Å². The van der Waals surface area contributed by atoms with Gasteiger partial charge in [0, 0.05) is 18.8 Å². The van der Waals surface area contributed by atoms with Crippen molar-refractivity contribution in [2.45, 2.75) is 38.9 Å². The van der Waals surface area contributed by atoms with Crippen LogP contribution in [0.2, 0.25) is 0 Å². The summed E-state index contributed by atoms with van der Waals surface area (Å²) in [7, 11) is -0.409. The van der Waals surface area contributed by atoms with Gasteiger partial charge >= 0.3 is 7.12 Å². The van der Waals surface area contributed by atoms with Crippen molar-refractivity contribution in [3.63, 3.8) is 0 Å². The first kappa shape index (κ1) is 14.4. The van der Waals surface area contributed by atoms with Gasteiger partial charge in [0.2, 0.25) is 0 Å². The molecule has 1 amide bonds. The molecule has 112 valence electrons. The Kier molecular flexibility index (Phi) is 3.26. The van der Waals surface area contributed by atoms with Crippen LogP contribution in [-0.4, -0.2) is 37.3 Å². The van der Waals surface area contributed by atoms with Crippen LogP contribution in [0.3, 0.4) is 0 Å². The number of hydrogen-bond donors (Lipinski definition) is 2. The highest BCUT2D eigenvalue weighted by Gasteiger charge is 2.51. The molecule has 21 heavy (non-hydrogen) atoms. The first-order chi connectivity index (χ1) is 9.80. The van der Waals surface area contributed by atoms with Crippen molar-refractivity contribution in [2.24, 2.45) is 0 Å². The Balaban J connectivity index is 1.92. The minimum Gasteiger partial charge on any atom is -0.399 e. The lowest BCUT2D eigenvalue weighted by atomic mass is 9.78. The fraction of sp³-hybridized carbons (Fsp3) is 0.533. The molecule has 2 aliphatic rings. The van der Waals surface area contributed by atoms with Gasteiger partial charge in [-0.1, -0.05) is 6.07 Å². The van der Waals surface area contributed by atoms with Gasteiger partial charge in [0.05, 0.1) is 16.8 Å². The van der Waals surface area contributed by atoms with Crippen molar-refractivity contribution in [3.8, 4) is 0 Å². The van der Waals surface area contributed by atoms with Crippen LogP contribution in [-0.2, 0) is 9.31 Å². The van der Waals surface area contributed by atoms with Crippen LogP contribution in [0, 0.1) is 0 Å². The average molecular weight is 288 g/mol. The summed E-state index contributed by atoms with van der Waals surface area (Å²) >= 11 is 0. The maximum absolute atomic E-state index is 11.9. The number of benzene rings is 1. The van der Waals surface area contributed by atoms with Crippen LogP contribution < -0.4 is 16.1 Å². The minimum absolute atomic E-state index is 0.0459. The summed E-state index contributed by atoms with van der Waals surface area (Å²) in [5.41, 5.74) is 1.68. The van der Waals surface area contributed by atoms with E-state index in [-0.39, 0.29) is 17.1 Å². The van der Waals surface area contributed by atoms with Crippen molar-refractivity contribution in [3.05, 3.63) is 23.8 Å². The fourth-order valence-corrected chi connectivity index (χ4v) is 2.50. The topological polar surface area (TPSA) is 59.6 Å². The van der Waals surface area contributed by atoms with Gasteiger partial charge in [-0.25, -0.2) is 0 Å². The zero-order chi connectivity index (χ0) is 15.3. The molecule has 0 spiro atoms. The molecule has 5 nitrogen and oxygen atoms in total. The zero-order valence-corrected chi connectivity index (χ0v) is 12.9. The molecular formula is C15H21BN2O3. The molecule has 0 saturated carbocycles. The lowest BCUT2D eigenvalue weighted by Gasteiger charge is -2.32. The monoisotopic (exact) mass is 288 g/mol. The van der Waals surface area contributed by atoms with Crippen molar-refractivity contribution in [1.82, 2.24) is 5.32 Å².